The van der Waals surface area contributed by atoms with Crippen LogP contribution in [0, 0.1) is 5.92 Å². The Bertz CT molecular complexity index is 877. The van der Waals surface area contributed by atoms with Crippen LogP contribution in [-0.2, 0) is 9.53 Å². The summed E-state index contributed by atoms with van der Waals surface area (Å²) in [6, 6.07) is 11.2. The Morgan fingerprint density at radius 1 is 1.28 bits per heavy atom. The average Bonchev–Trinajstić information content (AvgIpc) is 3.01. The number of nitrogens with zero attached hydrogens (tertiary/aromatic N) is 1. The standard InChI is InChI=1S/C20H19NO4/c1-3-23-17-7-5-4-6-14(17)19-21-16(20(22)25-19)11-13-8-9-18(24-13)15-10-12(15)2/h4-9,11-12,15H,3,10H2,1-2H3/b16-11+/t12-,15-/m1/s1. The van der Waals surface area contributed by atoms with E-state index in [0.717, 1.165) is 12.2 Å². The fourth-order valence-electron chi connectivity index (χ4n) is 2.95. The number of esters is 1. The first-order valence-corrected chi connectivity index (χ1v) is 8.50. The van der Waals surface area contributed by atoms with Crippen LogP contribution < -0.4 is 4.74 Å². The highest BCUT2D eigenvalue weighted by Gasteiger charge is 2.36. The van der Waals surface area contributed by atoms with Crippen molar-refractivity contribution in [1.82, 2.24) is 0 Å². The smallest absolute Gasteiger partial charge is 0.363 e. The zero-order valence-corrected chi connectivity index (χ0v) is 14.2. The van der Waals surface area contributed by atoms with Gasteiger partial charge in [0.1, 0.15) is 17.3 Å². The molecule has 5 heteroatoms. The molecule has 2 heterocycles. The molecule has 1 aliphatic heterocycles. The number of carbonyl (C=O) groups excluding carboxylic acids is 1. The minimum atomic E-state index is -0.487. The maximum atomic E-state index is 12.1. The van der Waals surface area contributed by atoms with Gasteiger partial charge in [-0.1, -0.05) is 19.1 Å². The van der Waals surface area contributed by atoms with Crippen molar-refractivity contribution in [1.29, 1.82) is 0 Å². The molecule has 0 unspecified atom stereocenters. The molecule has 0 saturated heterocycles. The van der Waals surface area contributed by atoms with Crippen molar-refractivity contribution >= 4 is 17.9 Å². The van der Waals surface area contributed by atoms with Crippen molar-refractivity contribution in [2.75, 3.05) is 6.61 Å². The van der Waals surface area contributed by atoms with Crippen LogP contribution in [0.2, 0.25) is 0 Å². The Kier molecular flexibility index (Phi) is 3.92. The summed E-state index contributed by atoms with van der Waals surface area (Å²) in [6.45, 7) is 4.63. The van der Waals surface area contributed by atoms with Gasteiger partial charge in [-0.05, 0) is 43.5 Å². The lowest BCUT2D eigenvalue weighted by Crippen LogP contribution is -2.07. The van der Waals surface area contributed by atoms with E-state index in [-0.39, 0.29) is 11.6 Å². The van der Waals surface area contributed by atoms with E-state index >= 15 is 0 Å². The topological polar surface area (TPSA) is 61.0 Å². The number of cyclic esters (lactones) is 1. The van der Waals surface area contributed by atoms with Gasteiger partial charge < -0.3 is 13.9 Å². The molecule has 4 rings (SSSR count). The number of ether oxygens (including phenoxy) is 2. The summed E-state index contributed by atoms with van der Waals surface area (Å²) in [7, 11) is 0. The van der Waals surface area contributed by atoms with Crippen molar-refractivity contribution in [3.8, 4) is 5.75 Å². The lowest BCUT2D eigenvalue weighted by Gasteiger charge is -2.08. The lowest BCUT2D eigenvalue weighted by molar-refractivity contribution is -0.129. The minimum Gasteiger partial charge on any atom is -0.493 e. The van der Waals surface area contributed by atoms with Gasteiger partial charge in [-0.15, -0.1) is 0 Å². The van der Waals surface area contributed by atoms with Crippen molar-refractivity contribution in [3.63, 3.8) is 0 Å². The fourth-order valence-corrected chi connectivity index (χ4v) is 2.95. The molecule has 2 aliphatic rings. The van der Waals surface area contributed by atoms with Gasteiger partial charge >= 0.3 is 5.97 Å². The lowest BCUT2D eigenvalue weighted by atomic mass is 10.2. The van der Waals surface area contributed by atoms with E-state index in [1.54, 1.807) is 6.08 Å². The van der Waals surface area contributed by atoms with Crippen LogP contribution in [0.5, 0.6) is 5.75 Å². The van der Waals surface area contributed by atoms with Gasteiger partial charge in [0.15, 0.2) is 5.70 Å². The second kappa shape index (κ2) is 6.24. The Morgan fingerprint density at radius 3 is 2.84 bits per heavy atom. The monoisotopic (exact) mass is 337 g/mol. The molecular formula is C20H19NO4. The third kappa shape index (κ3) is 3.09. The molecule has 128 valence electrons. The van der Waals surface area contributed by atoms with Gasteiger partial charge in [0, 0.05) is 12.0 Å². The molecule has 1 saturated carbocycles. The summed E-state index contributed by atoms with van der Waals surface area (Å²) < 4.78 is 16.7. The number of aliphatic imine (C=N–C) groups is 1. The molecule has 0 N–H and O–H groups in total. The van der Waals surface area contributed by atoms with Crippen molar-refractivity contribution < 1.29 is 18.7 Å². The van der Waals surface area contributed by atoms with Gasteiger partial charge in [0.25, 0.3) is 0 Å². The number of furan rings is 1. The number of benzene rings is 1. The summed E-state index contributed by atoms with van der Waals surface area (Å²) in [4.78, 5) is 16.5. The van der Waals surface area contributed by atoms with Crippen LogP contribution in [0.4, 0.5) is 0 Å². The van der Waals surface area contributed by atoms with E-state index in [2.05, 4.69) is 11.9 Å². The Hall–Kier alpha value is -2.82. The number of hydrogen-bond acceptors (Lipinski definition) is 5. The van der Waals surface area contributed by atoms with Crippen molar-refractivity contribution in [3.05, 3.63) is 59.2 Å². The summed E-state index contributed by atoms with van der Waals surface area (Å²) in [6.07, 6.45) is 2.78. The molecule has 0 bridgehead atoms. The highest BCUT2D eigenvalue weighted by atomic mass is 16.6. The molecule has 1 fully saturated rings. The van der Waals surface area contributed by atoms with E-state index in [1.165, 1.54) is 0 Å². The van der Waals surface area contributed by atoms with Gasteiger partial charge in [0.2, 0.25) is 5.90 Å². The zero-order chi connectivity index (χ0) is 17.4. The van der Waals surface area contributed by atoms with Gasteiger partial charge in [-0.3, -0.25) is 0 Å². The number of carbonyl (C=O) groups is 1. The first kappa shape index (κ1) is 15.7. The average molecular weight is 337 g/mol. The summed E-state index contributed by atoms with van der Waals surface area (Å²) >= 11 is 0. The number of rotatable bonds is 5. The van der Waals surface area contributed by atoms with Crippen LogP contribution in [0.25, 0.3) is 6.08 Å². The summed E-state index contributed by atoms with van der Waals surface area (Å²) in [5.74, 6) is 3.16. The highest BCUT2D eigenvalue weighted by Crippen LogP contribution is 2.47. The van der Waals surface area contributed by atoms with Crippen LogP contribution in [0.15, 0.2) is 51.5 Å². The Balaban J connectivity index is 1.61. The third-order valence-corrected chi connectivity index (χ3v) is 4.44. The highest BCUT2D eigenvalue weighted by molar-refractivity contribution is 6.13. The van der Waals surface area contributed by atoms with Crippen molar-refractivity contribution in [2.24, 2.45) is 10.9 Å². The summed E-state index contributed by atoms with van der Waals surface area (Å²) in [5.41, 5.74) is 0.888. The quantitative estimate of drug-likeness (QED) is 0.607. The largest absolute Gasteiger partial charge is 0.493 e. The second-order valence-electron chi connectivity index (χ2n) is 6.32. The molecule has 1 aromatic carbocycles. The third-order valence-electron chi connectivity index (χ3n) is 4.44. The zero-order valence-electron chi connectivity index (χ0n) is 14.2. The first-order valence-electron chi connectivity index (χ1n) is 8.50. The van der Waals surface area contributed by atoms with Crippen LogP contribution in [-0.4, -0.2) is 18.5 Å². The van der Waals surface area contributed by atoms with E-state index in [0.29, 0.717) is 35.5 Å². The van der Waals surface area contributed by atoms with Gasteiger partial charge in [-0.2, -0.15) is 0 Å². The predicted molar refractivity (Wildman–Crippen MR) is 93.4 cm³/mol. The molecule has 25 heavy (non-hydrogen) atoms. The van der Waals surface area contributed by atoms with Gasteiger partial charge in [-0.25, -0.2) is 9.79 Å². The number of hydrogen-bond donors (Lipinski definition) is 0. The fraction of sp³-hybridized carbons (Fsp3) is 0.300. The molecule has 0 amide bonds. The number of para-hydroxylation sites is 1. The van der Waals surface area contributed by atoms with E-state index in [4.69, 9.17) is 13.9 Å². The van der Waals surface area contributed by atoms with Crippen LogP contribution in [0.1, 0.15) is 43.3 Å². The van der Waals surface area contributed by atoms with Crippen molar-refractivity contribution in [2.45, 2.75) is 26.2 Å². The predicted octanol–water partition coefficient (Wildman–Crippen LogP) is 4.15. The normalized spacial score (nSPS) is 23.5. The van der Waals surface area contributed by atoms with Crippen LogP contribution >= 0.6 is 0 Å². The molecule has 1 aromatic heterocycles. The summed E-state index contributed by atoms with van der Waals surface area (Å²) in [5, 5.41) is 0. The molecular weight excluding hydrogens is 318 g/mol. The second-order valence-corrected chi connectivity index (χ2v) is 6.32. The first-order chi connectivity index (χ1) is 12.2. The van der Waals surface area contributed by atoms with E-state index < -0.39 is 5.97 Å². The molecule has 5 nitrogen and oxygen atoms in total. The molecule has 0 spiro atoms. The molecule has 2 atom stereocenters. The molecule has 2 aromatic rings. The maximum absolute atomic E-state index is 12.1. The Morgan fingerprint density at radius 2 is 2.08 bits per heavy atom. The molecule has 0 radical (unpaired) electrons. The Labute approximate surface area is 146 Å². The SMILES string of the molecule is CCOc1ccccc1C1=N/C(=C/c2ccc([C@@H]3C[C@H]3C)o2)C(=O)O1. The van der Waals surface area contributed by atoms with E-state index in [1.807, 2.05) is 43.3 Å². The van der Waals surface area contributed by atoms with Gasteiger partial charge in [0.05, 0.1) is 12.2 Å². The minimum absolute atomic E-state index is 0.228. The van der Waals surface area contributed by atoms with Crippen LogP contribution in [0.3, 0.4) is 0 Å². The maximum Gasteiger partial charge on any atom is 0.363 e. The molecule has 1 aliphatic carbocycles. The van der Waals surface area contributed by atoms with E-state index in [9.17, 15) is 4.79 Å².